The number of carbonyl (C=O) groups excluding carboxylic acids is 1. The molecule has 6 heteroatoms. The molecule has 0 bridgehead atoms. The Morgan fingerprint density at radius 2 is 2.05 bits per heavy atom. The normalized spacial score (nSPS) is 17.9. The average molecular weight is 285 g/mol. The topological polar surface area (TPSA) is 77.0 Å². The predicted octanol–water partition coefficient (Wildman–Crippen LogP) is 0.535. The van der Waals surface area contributed by atoms with Crippen LogP contribution in [0.2, 0.25) is 0 Å². The molecule has 1 aromatic heterocycles. The Hall–Kier alpha value is -2.21. The zero-order valence-corrected chi connectivity index (χ0v) is 12.1. The van der Waals surface area contributed by atoms with Gasteiger partial charge in [0.05, 0.1) is 6.54 Å². The summed E-state index contributed by atoms with van der Waals surface area (Å²) < 4.78 is 1.97. The number of fused-ring (bicyclic) bond motifs is 1. The van der Waals surface area contributed by atoms with Crippen molar-refractivity contribution in [2.45, 2.75) is 25.4 Å². The van der Waals surface area contributed by atoms with Crippen LogP contribution in [0.3, 0.4) is 0 Å². The largest absolute Gasteiger partial charge is 0.336 e. The van der Waals surface area contributed by atoms with Crippen LogP contribution in [-0.2, 0) is 24.2 Å². The highest BCUT2D eigenvalue weighted by molar-refractivity contribution is 5.81. The van der Waals surface area contributed by atoms with Crippen molar-refractivity contribution in [3.8, 4) is 0 Å². The molecule has 2 N–H and O–H groups in total. The molecule has 21 heavy (non-hydrogen) atoms. The summed E-state index contributed by atoms with van der Waals surface area (Å²) in [6.45, 7) is 1.00. The lowest BCUT2D eigenvalue weighted by Crippen LogP contribution is -2.42. The van der Waals surface area contributed by atoms with Gasteiger partial charge >= 0.3 is 0 Å². The Balaban J connectivity index is 1.98. The number of benzene rings is 1. The van der Waals surface area contributed by atoms with Gasteiger partial charge < -0.3 is 15.2 Å². The molecule has 1 aliphatic heterocycles. The summed E-state index contributed by atoms with van der Waals surface area (Å²) in [5.41, 5.74) is 6.77. The van der Waals surface area contributed by atoms with E-state index in [0.717, 1.165) is 17.2 Å². The van der Waals surface area contributed by atoms with E-state index in [1.165, 1.54) is 0 Å². The van der Waals surface area contributed by atoms with Crippen LogP contribution in [0, 0.1) is 0 Å². The number of rotatable bonds is 4. The molecule has 110 valence electrons. The first-order valence-corrected chi connectivity index (χ1v) is 7.12. The third kappa shape index (κ3) is 2.54. The summed E-state index contributed by atoms with van der Waals surface area (Å²) >= 11 is 0. The highest BCUT2D eigenvalue weighted by atomic mass is 16.2. The van der Waals surface area contributed by atoms with Crippen LogP contribution < -0.4 is 5.73 Å². The van der Waals surface area contributed by atoms with Crippen LogP contribution in [0.5, 0.6) is 0 Å². The second kappa shape index (κ2) is 5.65. The minimum atomic E-state index is -0.280. The molecule has 2 aromatic rings. The van der Waals surface area contributed by atoms with E-state index in [-0.39, 0.29) is 11.9 Å². The second-order valence-electron chi connectivity index (χ2n) is 5.34. The fraction of sp³-hybridized carbons (Fsp3) is 0.400. The van der Waals surface area contributed by atoms with Crippen LogP contribution in [0.25, 0.3) is 0 Å². The van der Waals surface area contributed by atoms with E-state index in [2.05, 4.69) is 10.2 Å². The third-order valence-electron chi connectivity index (χ3n) is 3.83. The van der Waals surface area contributed by atoms with Gasteiger partial charge in [0.25, 0.3) is 0 Å². The van der Waals surface area contributed by atoms with Crippen molar-refractivity contribution in [2.75, 3.05) is 13.6 Å². The van der Waals surface area contributed by atoms with Crippen molar-refractivity contribution in [1.82, 2.24) is 19.7 Å². The molecule has 0 spiro atoms. The third-order valence-corrected chi connectivity index (χ3v) is 3.83. The van der Waals surface area contributed by atoms with Gasteiger partial charge in [-0.25, -0.2) is 0 Å². The van der Waals surface area contributed by atoms with Crippen molar-refractivity contribution in [3.63, 3.8) is 0 Å². The molecule has 0 saturated heterocycles. The molecule has 1 aromatic carbocycles. The summed E-state index contributed by atoms with van der Waals surface area (Å²) in [6, 6.07) is 9.74. The first-order valence-electron chi connectivity index (χ1n) is 7.12. The number of hydrogen-bond acceptors (Lipinski definition) is 4. The molecule has 0 unspecified atom stereocenters. The van der Waals surface area contributed by atoms with E-state index in [4.69, 9.17) is 5.73 Å². The number of aromatic nitrogens is 3. The molecular formula is C15H19N5O. The van der Waals surface area contributed by atoms with Crippen LogP contribution in [-0.4, -0.2) is 39.2 Å². The van der Waals surface area contributed by atoms with E-state index in [1.54, 1.807) is 11.9 Å². The van der Waals surface area contributed by atoms with E-state index in [0.29, 0.717) is 25.9 Å². The standard InChI is InChI=1S/C15H19N5O/c1-19-10-14-18-17-13(7-8-16)20(14)12(15(19)21)9-11-5-3-2-4-6-11/h2-6,12H,7-10,16H2,1H3/t12-/m1/s1. The Morgan fingerprint density at radius 1 is 1.29 bits per heavy atom. The summed E-state index contributed by atoms with van der Waals surface area (Å²) in [6.07, 6.45) is 1.28. The van der Waals surface area contributed by atoms with Crippen LogP contribution in [0.4, 0.5) is 0 Å². The Bertz CT molecular complexity index is 623. The summed E-state index contributed by atoms with van der Waals surface area (Å²) in [7, 11) is 1.81. The number of hydrogen-bond donors (Lipinski definition) is 1. The smallest absolute Gasteiger partial charge is 0.246 e. The predicted molar refractivity (Wildman–Crippen MR) is 78.4 cm³/mol. The van der Waals surface area contributed by atoms with Crippen LogP contribution in [0.1, 0.15) is 23.3 Å². The van der Waals surface area contributed by atoms with E-state index >= 15 is 0 Å². The molecule has 1 atom stereocenters. The van der Waals surface area contributed by atoms with Gasteiger partial charge in [-0.3, -0.25) is 4.79 Å². The van der Waals surface area contributed by atoms with Gasteiger partial charge in [-0.05, 0) is 12.1 Å². The van der Waals surface area contributed by atoms with Crippen molar-refractivity contribution >= 4 is 5.91 Å². The molecule has 6 nitrogen and oxygen atoms in total. The fourth-order valence-electron chi connectivity index (χ4n) is 2.80. The highest BCUT2D eigenvalue weighted by Gasteiger charge is 2.34. The number of nitrogens with zero attached hydrogens (tertiary/aromatic N) is 4. The van der Waals surface area contributed by atoms with Gasteiger partial charge in [0.2, 0.25) is 5.91 Å². The van der Waals surface area contributed by atoms with Crippen molar-refractivity contribution < 1.29 is 4.79 Å². The zero-order chi connectivity index (χ0) is 14.8. The molecule has 0 aliphatic carbocycles. The average Bonchev–Trinajstić information content (AvgIpc) is 2.88. The lowest BCUT2D eigenvalue weighted by Gasteiger charge is -2.31. The Labute approximate surface area is 123 Å². The van der Waals surface area contributed by atoms with Gasteiger partial charge in [-0.2, -0.15) is 0 Å². The van der Waals surface area contributed by atoms with E-state index in [1.807, 2.05) is 34.9 Å². The van der Waals surface area contributed by atoms with Crippen LogP contribution >= 0.6 is 0 Å². The molecule has 0 saturated carbocycles. The monoisotopic (exact) mass is 285 g/mol. The van der Waals surface area contributed by atoms with Gasteiger partial charge in [-0.15, -0.1) is 10.2 Å². The van der Waals surface area contributed by atoms with Gasteiger partial charge in [-0.1, -0.05) is 30.3 Å². The molecular weight excluding hydrogens is 266 g/mol. The molecule has 0 fully saturated rings. The Kier molecular flexibility index (Phi) is 3.70. The minimum absolute atomic E-state index is 0.101. The lowest BCUT2D eigenvalue weighted by molar-refractivity contribution is -0.136. The zero-order valence-electron chi connectivity index (χ0n) is 12.1. The van der Waals surface area contributed by atoms with Gasteiger partial charge in [0.15, 0.2) is 5.82 Å². The van der Waals surface area contributed by atoms with E-state index < -0.39 is 0 Å². The number of amides is 1. The fourth-order valence-corrected chi connectivity index (χ4v) is 2.80. The SMILES string of the molecule is CN1Cc2nnc(CCN)n2[C@H](Cc2ccccc2)C1=O. The number of carbonyl (C=O) groups is 1. The van der Waals surface area contributed by atoms with Gasteiger partial charge in [0, 0.05) is 19.9 Å². The van der Waals surface area contributed by atoms with Crippen molar-refractivity contribution in [1.29, 1.82) is 0 Å². The summed E-state index contributed by atoms with van der Waals surface area (Å²) in [5, 5.41) is 8.42. The minimum Gasteiger partial charge on any atom is -0.336 e. The lowest BCUT2D eigenvalue weighted by atomic mass is 10.0. The van der Waals surface area contributed by atoms with Crippen molar-refractivity contribution in [2.24, 2.45) is 5.73 Å². The maximum absolute atomic E-state index is 12.6. The maximum Gasteiger partial charge on any atom is 0.246 e. The molecule has 1 amide bonds. The first-order chi connectivity index (χ1) is 10.2. The number of likely N-dealkylation sites (N-methyl/N-ethyl adjacent to an activating group) is 1. The quantitative estimate of drug-likeness (QED) is 0.889. The van der Waals surface area contributed by atoms with E-state index in [9.17, 15) is 4.79 Å². The van der Waals surface area contributed by atoms with Gasteiger partial charge in [0.1, 0.15) is 11.9 Å². The van der Waals surface area contributed by atoms with Crippen molar-refractivity contribution in [3.05, 3.63) is 47.5 Å². The highest BCUT2D eigenvalue weighted by Crippen LogP contribution is 2.25. The molecule has 2 heterocycles. The van der Waals surface area contributed by atoms with Crippen LogP contribution in [0.15, 0.2) is 30.3 Å². The molecule has 1 aliphatic rings. The first kappa shape index (κ1) is 13.8. The summed E-state index contributed by atoms with van der Waals surface area (Å²) in [5.74, 6) is 1.74. The summed E-state index contributed by atoms with van der Waals surface area (Å²) in [4.78, 5) is 14.3. The Morgan fingerprint density at radius 3 is 2.76 bits per heavy atom. The maximum atomic E-state index is 12.6. The molecule has 0 radical (unpaired) electrons. The number of nitrogens with two attached hydrogens (primary N) is 1. The second-order valence-corrected chi connectivity index (χ2v) is 5.34. The molecule has 3 rings (SSSR count).